The minimum Gasteiger partial charge on any atom is -0.393 e. The molecule has 19 heavy (non-hydrogen) atoms. The summed E-state index contributed by atoms with van der Waals surface area (Å²) in [6.45, 7) is 0.808. The van der Waals surface area contributed by atoms with Gasteiger partial charge in [-0.25, -0.2) is 4.39 Å². The van der Waals surface area contributed by atoms with Crippen LogP contribution < -0.4 is 5.32 Å². The molecule has 0 radical (unpaired) electrons. The molecule has 0 aliphatic carbocycles. The van der Waals surface area contributed by atoms with E-state index in [4.69, 9.17) is 5.11 Å². The second-order valence-electron chi connectivity index (χ2n) is 4.60. The van der Waals surface area contributed by atoms with Crippen LogP contribution in [0.5, 0.6) is 0 Å². The van der Waals surface area contributed by atoms with Gasteiger partial charge >= 0.3 is 6.18 Å². The van der Waals surface area contributed by atoms with Crippen molar-refractivity contribution in [3.05, 3.63) is 35.1 Å². The third kappa shape index (κ3) is 5.14. The second-order valence-corrected chi connectivity index (χ2v) is 4.60. The van der Waals surface area contributed by atoms with Crippen molar-refractivity contribution in [3.63, 3.8) is 0 Å². The smallest absolute Gasteiger partial charge is 0.393 e. The molecule has 0 saturated carbocycles. The van der Waals surface area contributed by atoms with Gasteiger partial charge in [-0.2, -0.15) is 13.2 Å². The van der Waals surface area contributed by atoms with Crippen molar-refractivity contribution in [3.8, 4) is 0 Å². The van der Waals surface area contributed by atoms with E-state index in [1.165, 1.54) is 6.92 Å². The summed E-state index contributed by atoms with van der Waals surface area (Å²) in [5.41, 5.74) is -2.32. The lowest BCUT2D eigenvalue weighted by atomic mass is 10.1. The maximum Gasteiger partial charge on any atom is 0.416 e. The number of hydrogen-bond acceptors (Lipinski definition) is 3. The van der Waals surface area contributed by atoms with Gasteiger partial charge in [0.05, 0.1) is 17.8 Å². The lowest BCUT2D eigenvalue weighted by molar-refractivity contribution is -0.137. The van der Waals surface area contributed by atoms with Crippen LogP contribution in [-0.2, 0) is 12.7 Å². The molecule has 1 atom stereocenters. The molecule has 0 aliphatic rings. The van der Waals surface area contributed by atoms with Crippen LogP contribution in [0.25, 0.3) is 0 Å². The Hall–Kier alpha value is -1.18. The van der Waals surface area contributed by atoms with E-state index in [1.54, 1.807) is 0 Å². The standard InChI is InChI=1S/C12H15F4NO2/c1-11(19,7-18)6-17-5-8-2-9(12(14,15)16)4-10(13)3-8/h2-4,17-19H,5-7H2,1H3. The molecular formula is C12H15F4NO2. The summed E-state index contributed by atoms with van der Waals surface area (Å²) in [6.07, 6.45) is -4.60. The fourth-order valence-electron chi connectivity index (χ4n) is 1.45. The first-order valence-electron chi connectivity index (χ1n) is 5.55. The third-order valence-corrected chi connectivity index (χ3v) is 2.46. The van der Waals surface area contributed by atoms with Crippen molar-refractivity contribution in [2.45, 2.75) is 25.2 Å². The zero-order valence-electron chi connectivity index (χ0n) is 10.3. The van der Waals surface area contributed by atoms with Crippen LogP contribution in [0.15, 0.2) is 18.2 Å². The van der Waals surface area contributed by atoms with Gasteiger partial charge in [-0.3, -0.25) is 0 Å². The summed E-state index contributed by atoms with van der Waals surface area (Å²) < 4.78 is 50.4. The van der Waals surface area contributed by atoms with Crippen molar-refractivity contribution < 1.29 is 27.8 Å². The van der Waals surface area contributed by atoms with Crippen LogP contribution in [0.4, 0.5) is 17.6 Å². The fraction of sp³-hybridized carbons (Fsp3) is 0.500. The van der Waals surface area contributed by atoms with Gasteiger partial charge in [0.25, 0.3) is 0 Å². The molecule has 0 aliphatic heterocycles. The topological polar surface area (TPSA) is 52.5 Å². The highest BCUT2D eigenvalue weighted by Crippen LogP contribution is 2.30. The van der Waals surface area contributed by atoms with Crippen molar-refractivity contribution in [2.24, 2.45) is 0 Å². The van der Waals surface area contributed by atoms with Gasteiger partial charge in [0, 0.05) is 13.1 Å². The highest BCUT2D eigenvalue weighted by molar-refractivity contribution is 5.26. The van der Waals surface area contributed by atoms with Crippen LogP contribution in [0, 0.1) is 5.82 Å². The number of nitrogens with one attached hydrogen (secondary N) is 1. The molecule has 0 aromatic heterocycles. The Labute approximate surface area is 107 Å². The number of halogens is 4. The predicted molar refractivity (Wildman–Crippen MR) is 60.8 cm³/mol. The van der Waals surface area contributed by atoms with E-state index in [-0.39, 0.29) is 18.7 Å². The Morgan fingerprint density at radius 1 is 1.21 bits per heavy atom. The average Bonchev–Trinajstić information content (AvgIpc) is 2.27. The molecule has 3 nitrogen and oxygen atoms in total. The van der Waals surface area contributed by atoms with Gasteiger partial charge in [0.1, 0.15) is 5.82 Å². The van der Waals surface area contributed by atoms with E-state index < -0.39 is 29.8 Å². The van der Waals surface area contributed by atoms with Gasteiger partial charge < -0.3 is 15.5 Å². The number of alkyl halides is 3. The maximum absolute atomic E-state index is 13.1. The lowest BCUT2D eigenvalue weighted by Crippen LogP contribution is -2.40. The lowest BCUT2D eigenvalue weighted by Gasteiger charge is -2.20. The third-order valence-electron chi connectivity index (χ3n) is 2.46. The predicted octanol–water partition coefficient (Wildman–Crippen LogP) is 1.68. The van der Waals surface area contributed by atoms with Crippen LogP contribution in [-0.4, -0.2) is 29.0 Å². The summed E-state index contributed by atoms with van der Waals surface area (Å²) in [6, 6.07) is 2.24. The number of aliphatic hydroxyl groups excluding tert-OH is 1. The number of aliphatic hydroxyl groups is 2. The van der Waals surface area contributed by atoms with Crippen molar-refractivity contribution in [1.29, 1.82) is 0 Å². The minimum atomic E-state index is -4.60. The van der Waals surface area contributed by atoms with E-state index in [1.807, 2.05) is 0 Å². The zero-order chi connectivity index (χ0) is 14.7. The summed E-state index contributed by atoms with van der Waals surface area (Å²) in [5.74, 6) is -0.972. The van der Waals surface area contributed by atoms with Gasteiger partial charge in [-0.1, -0.05) is 0 Å². The first kappa shape index (κ1) is 15.9. The van der Waals surface area contributed by atoms with Gasteiger partial charge in [-0.15, -0.1) is 0 Å². The van der Waals surface area contributed by atoms with Crippen molar-refractivity contribution in [1.82, 2.24) is 5.32 Å². The molecule has 0 saturated heterocycles. The molecule has 1 unspecified atom stereocenters. The molecule has 0 heterocycles. The number of benzene rings is 1. The van der Waals surface area contributed by atoms with Crippen molar-refractivity contribution in [2.75, 3.05) is 13.2 Å². The molecule has 0 amide bonds. The highest BCUT2D eigenvalue weighted by Gasteiger charge is 2.31. The highest BCUT2D eigenvalue weighted by atomic mass is 19.4. The second kappa shape index (κ2) is 5.85. The Morgan fingerprint density at radius 3 is 2.37 bits per heavy atom. The van der Waals surface area contributed by atoms with Crippen LogP contribution in [0.2, 0.25) is 0 Å². The maximum atomic E-state index is 13.1. The summed E-state index contributed by atoms with van der Waals surface area (Å²) >= 11 is 0. The molecule has 0 bridgehead atoms. The summed E-state index contributed by atoms with van der Waals surface area (Å²) in [5, 5.41) is 20.9. The monoisotopic (exact) mass is 281 g/mol. The summed E-state index contributed by atoms with van der Waals surface area (Å²) in [4.78, 5) is 0. The average molecular weight is 281 g/mol. The van der Waals surface area contributed by atoms with E-state index in [9.17, 15) is 22.7 Å². The molecule has 3 N–H and O–H groups in total. The van der Waals surface area contributed by atoms with Crippen LogP contribution >= 0.6 is 0 Å². The first-order chi connectivity index (χ1) is 8.64. The van der Waals surface area contributed by atoms with Gasteiger partial charge in [-0.05, 0) is 30.7 Å². The Kier molecular flexibility index (Phi) is 4.89. The molecular weight excluding hydrogens is 266 g/mol. The van der Waals surface area contributed by atoms with Gasteiger partial charge in [0.2, 0.25) is 0 Å². The quantitative estimate of drug-likeness (QED) is 0.720. The number of rotatable bonds is 5. The Balaban J connectivity index is 2.72. The molecule has 0 spiro atoms. The Morgan fingerprint density at radius 2 is 1.84 bits per heavy atom. The molecule has 7 heteroatoms. The number of hydrogen-bond donors (Lipinski definition) is 3. The van der Waals surface area contributed by atoms with Crippen LogP contribution in [0.1, 0.15) is 18.1 Å². The zero-order valence-corrected chi connectivity index (χ0v) is 10.3. The van der Waals surface area contributed by atoms with E-state index >= 15 is 0 Å². The molecule has 108 valence electrons. The normalized spacial score (nSPS) is 15.3. The molecule has 0 fully saturated rings. The molecule has 1 aromatic carbocycles. The van der Waals surface area contributed by atoms with Crippen LogP contribution in [0.3, 0.4) is 0 Å². The largest absolute Gasteiger partial charge is 0.416 e. The fourth-order valence-corrected chi connectivity index (χ4v) is 1.45. The SMILES string of the molecule is CC(O)(CO)CNCc1cc(F)cc(C(F)(F)F)c1. The van der Waals surface area contributed by atoms with E-state index in [0.29, 0.717) is 6.07 Å². The molecule has 1 rings (SSSR count). The minimum absolute atomic E-state index is 0.0264. The first-order valence-corrected chi connectivity index (χ1v) is 5.55. The summed E-state index contributed by atoms with van der Waals surface area (Å²) in [7, 11) is 0. The molecule has 1 aromatic rings. The van der Waals surface area contributed by atoms with E-state index in [2.05, 4.69) is 5.32 Å². The van der Waals surface area contributed by atoms with E-state index in [0.717, 1.165) is 12.1 Å². The Bertz CT molecular complexity index is 432. The van der Waals surface area contributed by atoms with Gasteiger partial charge in [0.15, 0.2) is 0 Å². The van der Waals surface area contributed by atoms with Crippen molar-refractivity contribution >= 4 is 0 Å².